The number of benzene rings is 1. The van der Waals surface area contributed by atoms with Gasteiger partial charge in [-0.1, -0.05) is 19.9 Å². The Labute approximate surface area is 121 Å². The lowest BCUT2D eigenvalue weighted by Crippen LogP contribution is -2.17. The van der Waals surface area contributed by atoms with Crippen molar-refractivity contribution in [1.82, 2.24) is 0 Å². The van der Waals surface area contributed by atoms with Gasteiger partial charge in [-0.15, -0.1) is 11.3 Å². The van der Waals surface area contributed by atoms with Gasteiger partial charge in [0.1, 0.15) is 5.82 Å². The quantitative estimate of drug-likeness (QED) is 0.880. The largest absolute Gasteiger partial charge is 0.375 e. The van der Waals surface area contributed by atoms with Gasteiger partial charge in [-0.05, 0) is 35.6 Å². The highest BCUT2D eigenvalue weighted by atomic mass is 32.1. The number of amides is 1. The highest BCUT2D eigenvalue weighted by Crippen LogP contribution is 2.31. The molecule has 0 radical (unpaired) electrons. The van der Waals surface area contributed by atoms with Crippen LogP contribution in [0.1, 0.15) is 35.1 Å². The molecule has 5 heteroatoms. The molecule has 1 aromatic carbocycles. The first-order valence-corrected chi connectivity index (χ1v) is 7.26. The van der Waals surface area contributed by atoms with Crippen molar-refractivity contribution in [1.29, 1.82) is 0 Å². The number of nitrogens with two attached hydrogens (primary N) is 1. The molecular weight excluding hydrogens is 275 g/mol. The molecule has 0 aliphatic carbocycles. The third-order valence-corrected chi connectivity index (χ3v) is 4.03. The van der Waals surface area contributed by atoms with E-state index in [1.807, 2.05) is 17.5 Å². The van der Waals surface area contributed by atoms with E-state index >= 15 is 0 Å². The summed E-state index contributed by atoms with van der Waals surface area (Å²) in [4.78, 5) is 12.3. The Balaban J connectivity index is 2.31. The molecule has 3 N–H and O–H groups in total. The Kier molecular flexibility index (Phi) is 4.39. The van der Waals surface area contributed by atoms with Gasteiger partial charge in [0.15, 0.2) is 0 Å². The van der Waals surface area contributed by atoms with E-state index in [-0.39, 0.29) is 12.0 Å². The van der Waals surface area contributed by atoms with Gasteiger partial charge >= 0.3 is 0 Å². The van der Waals surface area contributed by atoms with E-state index < -0.39 is 11.7 Å². The Bertz CT molecular complexity index is 596. The van der Waals surface area contributed by atoms with Crippen molar-refractivity contribution in [2.45, 2.75) is 19.9 Å². The van der Waals surface area contributed by atoms with Crippen molar-refractivity contribution in [2.24, 2.45) is 11.7 Å². The fourth-order valence-corrected chi connectivity index (χ4v) is 2.94. The molecule has 2 aromatic rings. The zero-order chi connectivity index (χ0) is 14.7. The maximum Gasteiger partial charge on any atom is 0.248 e. The molecule has 20 heavy (non-hydrogen) atoms. The van der Waals surface area contributed by atoms with Crippen molar-refractivity contribution in [3.8, 4) is 0 Å². The monoisotopic (exact) mass is 292 g/mol. The van der Waals surface area contributed by atoms with Gasteiger partial charge in [-0.3, -0.25) is 4.79 Å². The van der Waals surface area contributed by atoms with Gasteiger partial charge in [0.05, 0.1) is 11.7 Å². The third-order valence-electron chi connectivity index (χ3n) is 3.08. The normalized spacial score (nSPS) is 12.4. The zero-order valence-electron chi connectivity index (χ0n) is 11.4. The van der Waals surface area contributed by atoms with Crippen LogP contribution in [0, 0.1) is 11.7 Å². The van der Waals surface area contributed by atoms with Crippen molar-refractivity contribution >= 4 is 22.9 Å². The molecule has 2 rings (SSSR count). The highest BCUT2D eigenvalue weighted by molar-refractivity contribution is 7.10. The fourth-order valence-electron chi connectivity index (χ4n) is 1.99. The van der Waals surface area contributed by atoms with Crippen molar-refractivity contribution in [3.63, 3.8) is 0 Å². The van der Waals surface area contributed by atoms with E-state index in [1.165, 1.54) is 18.2 Å². The van der Waals surface area contributed by atoms with Crippen LogP contribution in [0.25, 0.3) is 0 Å². The smallest absolute Gasteiger partial charge is 0.248 e. The number of hydrogen-bond acceptors (Lipinski definition) is 3. The van der Waals surface area contributed by atoms with Gasteiger partial charge in [0.2, 0.25) is 5.91 Å². The molecule has 0 aliphatic rings. The fraction of sp³-hybridized carbons (Fsp3) is 0.267. The average molecular weight is 292 g/mol. The number of rotatable bonds is 5. The maximum absolute atomic E-state index is 13.9. The number of carbonyl (C=O) groups is 1. The second-order valence-corrected chi connectivity index (χ2v) is 5.92. The summed E-state index contributed by atoms with van der Waals surface area (Å²) in [6.07, 6.45) is 0. The summed E-state index contributed by atoms with van der Waals surface area (Å²) in [5, 5.41) is 5.16. The lowest BCUT2D eigenvalue weighted by Gasteiger charge is -2.23. The Morgan fingerprint density at radius 2 is 2.10 bits per heavy atom. The number of halogens is 1. The molecular formula is C15H17FN2OS. The van der Waals surface area contributed by atoms with Crippen LogP contribution in [0.3, 0.4) is 0 Å². The predicted molar refractivity (Wildman–Crippen MR) is 80.4 cm³/mol. The SMILES string of the molecule is CC(C)C(Nc1cc(C(N)=O)ccc1F)c1cccs1. The molecule has 1 heterocycles. The summed E-state index contributed by atoms with van der Waals surface area (Å²) >= 11 is 1.62. The van der Waals surface area contributed by atoms with Crippen LogP contribution in [-0.4, -0.2) is 5.91 Å². The Morgan fingerprint density at radius 1 is 1.35 bits per heavy atom. The second-order valence-electron chi connectivity index (χ2n) is 4.94. The van der Waals surface area contributed by atoms with E-state index in [0.29, 0.717) is 11.3 Å². The molecule has 0 aliphatic heterocycles. The van der Waals surface area contributed by atoms with Gasteiger partial charge in [0.25, 0.3) is 0 Å². The van der Waals surface area contributed by atoms with Gasteiger partial charge in [-0.2, -0.15) is 0 Å². The Hall–Kier alpha value is -1.88. The van der Waals surface area contributed by atoms with E-state index in [1.54, 1.807) is 11.3 Å². The van der Waals surface area contributed by atoms with Crippen LogP contribution in [0.4, 0.5) is 10.1 Å². The van der Waals surface area contributed by atoms with Crippen molar-refractivity contribution < 1.29 is 9.18 Å². The minimum Gasteiger partial charge on any atom is -0.375 e. The van der Waals surface area contributed by atoms with E-state index in [2.05, 4.69) is 19.2 Å². The van der Waals surface area contributed by atoms with E-state index in [0.717, 1.165) is 4.88 Å². The topological polar surface area (TPSA) is 55.1 Å². The van der Waals surface area contributed by atoms with E-state index in [9.17, 15) is 9.18 Å². The van der Waals surface area contributed by atoms with Gasteiger partial charge in [0, 0.05) is 10.4 Å². The van der Waals surface area contributed by atoms with Crippen molar-refractivity contribution in [2.75, 3.05) is 5.32 Å². The lowest BCUT2D eigenvalue weighted by atomic mass is 10.0. The summed E-state index contributed by atoms with van der Waals surface area (Å²) in [6, 6.07) is 8.08. The summed E-state index contributed by atoms with van der Waals surface area (Å²) in [5.41, 5.74) is 5.82. The zero-order valence-corrected chi connectivity index (χ0v) is 12.2. The first-order chi connectivity index (χ1) is 9.49. The number of nitrogens with one attached hydrogen (secondary N) is 1. The van der Waals surface area contributed by atoms with Gasteiger partial charge < -0.3 is 11.1 Å². The molecule has 106 valence electrons. The average Bonchev–Trinajstić information content (AvgIpc) is 2.90. The maximum atomic E-state index is 13.9. The number of hydrogen-bond donors (Lipinski definition) is 2. The molecule has 0 saturated carbocycles. The molecule has 3 nitrogen and oxygen atoms in total. The van der Waals surface area contributed by atoms with Gasteiger partial charge in [-0.25, -0.2) is 4.39 Å². The summed E-state index contributed by atoms with van der Waals surface area (Å²) < 4.78 is 13.9. The molecule has 0 saturated heterocycles. The second kappa shape index (κ2) is 6.05. The minimum absolute atomic E-state index is 0.00683. The van der Waals surface area contributed by atoms with Crippen LogP contribution >= 0.6 is 11.3 Å². The summed E-state index contributed by atoms with van der Waals surface area (Å²) in [7, 11) is 0. The lowest BCUT2D eigenvalue weighted by molar-refractivity contribution is 0.100. The first kappa shape index (κ1) is 14.5. The number of thiophene rings is 1. The highest BCUT2D eigenvalue weighted by Gasteiger charge is 2.18. The molecule has 1 unspecified atom stereocenters. The molecule has 1 atom stereocenters. The van der Waals surface area contributed by atoms with Crippen LogP contribution in [-0.2, 0) is 0 Å². The minimum atomic E-state index is -0.565. The first-order valence-electron chi connectivity index (χ1n) is 6.38. The Morgan fingerprint density at radius 3 is 2.65 bits per heavy atom. The molecule has 1 aromatic heterocycles. The standard InChI is InChI=1S/C15H17FN2OS/c1-9(2)14(13-4-3-7-20-13)18-12-8-10(15(17)19)5-6-11(12)16/h3-9,14,18H,1-2H3,(H2,17,19). The van der Waals surface area contributed by atoms with Crippen LogP contribution in [0.15, 0.2) is 35.7 Å². The molecule has 0 bridgehead atoms. The third kappa shape index (κ3) is 3.17. The van der Waals surface area contributed by atoms with Crippen LogP contribution in [0.2, 0.25) is 0 Å². The number of carbonyl (C=O) groups excluding carboxylic acids is 1. The van der Waals surface area contributed by atoms with Crippen LogP contribution < -0.4 is 11.1 Å². The summed E-state index contributed by atoms with van der Waals surface area (Å²) in [6.45, 7) is 4.13. The number of primary amides is 1. The molecule has 1 amide bonds. The van der Waals surface area contributed by atoms with E-state index in [4.69, 9.17) is 5.73 Å². The van der Waals surface area contributed by atoms with Crippen molar-refractivity contribution in [3.05, 3.63) is 52.0 Å². The summed E-state index contributed by atoms with van der Waals surface area (Å²) in [5.74, 6) is -0.673. The van der Waals surface area contributed by atoms with Crippen LogP contribution in [0.5, 0.6) is 0 Å². The predicted octanol–water partition coefficient (Wildman–Crippen LogP) is 3.80. The molecule has 0 spiro atoms. The number of anilines is 1. The molecule has 0 fully saturated rings.